The lowest BCUT2D eigenvalue weighted by molar-refractivity contribution is 0.363. The number of nitrogens with zero attached hydrogens (tertiary/aromatic N) is 6. The monoisotopic (exact) mass is 521 g/mol. The summed E-state index contributed by atoms with van der Waals surface area (Å²) in [6.07, 6.45) is 8.78. The molecule has 0 fully saturated rings. The normalized spacial score (nSPS) is 30.6. The molecule has 0 saturated carbocycles. The summed E-state index contributed by atoms with van der Waals surface area (Å²) in [7, 11) is 0. The largest absolute Gasteiger partial charge is 0.217 e. The fraction of sp³-hybridized carbons (Fsp3) is 0.806. The smallest absolute Gasteiger partial charge is 0.112 e. The highest BCUT2D eigenvalue weighted by molar-refractivity contribution is 6.90. The van der Waals surface area contributed by atoms with Gasteiger partial charge in [0.15, 0.2) is 0 Å². The first-order chi connectivity index (χ1) is 17.7. The van der Waals surface area contributed by atoms with Crippen LogP contribution in [0.1, 0.15) is 103 Å². The van der Waals surface area contributed by atoms with Gasteiger partial charge < -0.3 is 0 Å². The summed E-state index contributed by atoms with van der Waals surface area (Å²) < 4.78 is 0. The van der Waals surface area contributed by atoms with Crippen molar-refractivity contribution in [2.24, 2.45) is 66.2 Å². The topological polar surface area (TPSA) is 74.2 Å². The Hall–Kier alpha value is -1.92. The molecule has 0 aromatic carbocycles. The lowest BCUT2D eigenvalue weighted by Crippen LogP contribution is -2.82. The SMILES string of the molecule is CCCC[B-](C1(C(C)C)C=C(C(C)C)N=N1)(C1(C(C)C)C=C(C(C)C)N=N1)C1(C(C)C)C=C(C(C)C)N=N1. The van der Waals surface area contributed by atoms with Crippen molar-refractivity contribution in [1.82, 2.24) is 0 Å². The molecule has 3 rings (SSSR count). The summed E-state index contributed by atoms with van der Waals surface area (Å²) in [6, 6.07) is 0. The van der Waals surface area contributed by atoms with Crippen molar-refractivity contribution in [3.8, 4) is 0 Å². The molecule has 3 atom stereocenters. The van der Waals surface area contributed by atoms with Crippen LogP contribution >= 0.6 is 0 Å². The van der Waals surface area contributed by atoms with Crippen molar-refractivity contribution in [2.75, 3.05) is 0 Å². The molecule has 7 heteroatoms. The molecule has 0 saturated heterocycles. The first-order valence-corrected chi connectivity index (χ1v) is 15.3. The average Bonchev–Trinajstić information content (AvgIpc) is 3.58. The zero-order chi connectivity index (χ0) is 28.7. The number of hydrogen-bond acceptors (Lipinski definition) is 6. The van der Waals surface area contributed by atoms with Gasteiger partial charge in [0, 0.05) is 0 Å². The second-order valence-corrected chi connectivity index (χ2v) is 14.1. The molecule has 0 aromatic heterocycles. The maximum Gasteiger partial charge on any atom is 0.112 e. The van der Waals surface area contributed by atoms with E-state index in [-0.39, 0.29) is 17.8 Å². The standard InChI is InChI=1S/C31H54BN6/c1-14-15-16-32(29(23(8)9)17-26(20(2)3)33-36-29,30(24(10)11)18-27(21(4)5)34-37-30)31(25(12)13)19-28(22(6)7)35-38-31/h17-25H,14-16H2,1-13H3/q-1. The van der Waals surface area contributed by atoms with Gasteiger partial charge in [-0.3, -0.25) is 0 Å². The Morgan fingerprint density at radius 1 is 0.553 bits per heavy atom. The van der Waals surface area contributed by atoms with Crippen molar-refractivity contribution in [2.45, 2.75) is 125 Å². The second kappa shape index (κ2) is 10.9. The molecule has 38 heavy (non-hydrogen) atoms. The van der Waals surface area contributed by atoms with Gasteiger partial charge in [-0.25, -0.2) is 15.3 Å². The zero-order valence-corrected chi connectivity index (χ0v) is 26.6. The summed E-state index contributed by atoms with van der Waals surface area (Å²) in [5.74, 6) is 1.48. The molecule has 0 aliphatic carbocycles. The van der Waals surface area contributed by atoms with Gasteiger partial charge in [-0.1, -0.05) is 121 Å². The van der Waals surface area contributed by atoms with Gasteiger partial charge in [-0.2, -0.15) is 21.7 Å². The Bertz CT molecular complexity index is 934. The van der Waals surface area contributed by atoms with Crippen LogP contribution in [-0.2, 0) is 0 Å². The zero-order valence-electron chi connectivity index (χ0n) is 26.6. The van der Waals surface area contributed by atoms with Gasteiger partial charge in [-0.05, 0) is 51.8 Å². The van der Waals surface area contributed by atoms with E-state index in [1.54, 1.807) is 0 Å². The third kappa shape index (κ3) is 4.31. The lowest BCUT2D eigenvalue weighted by atomic mass is 8.98. The summed E-state index contributed by atoms with van der Waals surface area (Å²) in [4.78, 5) is 0. The van der Waals surface area contributed by atoms with Crippen LogP contribution < -0.4 is 0 Å². The summed E-state index contributed by atoms with van der Waals surface area (Å²) >= 11 is 0. The number of hydrogen-bond donors (Lipinski definition) is 0. The van der Waals surface area contributed by atoms with Crippen molar-refractivity contribution in [1.29, 1.82) is 0 Å². The minimum atomic E-state index is -1.63. The van der Waals surface area contributed by atoms with Gasteiger partial charge in [0.05, 0.1) is 17.1 Å². The minimum absolute atomic E-state index is 0.198. The van der Waals surface area contributed by atoms with E-state index in [0.29, 0.717) is 17.8 Å². The molecule has 212 valence electrons. The van der Waals surface area contributed by atoms with Gasteiger partial charge >= 0.3 is 0 Å². The van der Waals surface area contributed by atoms with E-state index in [1.165, 1.54) is 0 Å². The first kappa shape index (κ1) is 30.6. The van der Waals surface area contributed by atoms with Crippen molar-refractivity contribution in [3.05, 3.63) is 35.3 Å². The molecule has 3 unspecified atom stereocenters. The van der Waals surface area contributed by atoms with E-state index in [0.717, 1.165) is 36.3 Å². The average molecular weight is 522 g/mol. The second-order valence-electron chi connectivity index (χ2n) is 14.1. The number of azo groups is 3. The van der Waals surface area contributed by atoms with Gasteiger partial charge in [0.1, 0.15) is 6.15 Å². The quantitative estimate of drug-likeness (QED) is 0.229. The predicted octanol–water partition coefficient (Wildman–Crippen LogP) is 10.1. The molecule has 3 aliphatic heterocycles. The van der Waals surface area contributed by atoms with Crippen LogP contribution in [0, 0.1) is 35.5 Å². The Balaban J connectivity index is 2.62. The fourth-order valence-corrected chi connectivity index (χ4v) is 7.75. The number of allylic oxidation sites excluding steroid dienone is 3. The third-order valence-corrected chi connectivity index (χ3v) is 10.1. The Morgan fingerprint density at radius 3 is 1.03 bits per heavy atom. The van der Waals surface area contributed by atoms with Crippen LogP contribution in [-0.4, -0.2) is 22.5 Å². The molecular formula is C31H54BN6-. The highest BCUT2D eigenvalue weighted by Gasteiger charge is 2.70. The van der Waals surface area contributed by atoms with Crippen molar-refractivity contribution < 1.29 is 0 Å². The fourth-order valence-electron chi connectivity index (χ4n) is 7.75. The molecule has 0 amide bonds. The third-order valence-electron chi connectivity index (χ3n) is 10.1. The van der Waals surface area contributed by atoms with E-state index in [9.17, 15) is 0 Å². The van der Waals surface area contributed by atoms with Crippen LogP contribution in [0.4, 0.5) is 0 Å². The molecule has 3 heterocycles. The van der Waals surface area contributed by atoms with Gasteiger partial charge in [0.25, 0.3) is 0 Å². The molecular weight excluding hydrogens is 467 g/mol. The molecule has 0 spiro atoms. The number of unbranched alkanes of at least 4 members (excludes halogenated alkanes) is 1. The molecule has 3 aliphatic rings. The van der Waals surface area contributed by atoms with E-state index < -0.39 is 22.5 Å². The summed E-state index contributed by atoms with van der Waals surface area (Å²) in [6.45, 7) is 29.5. The summed E-state index contributed by atoms with van der Waals surface area (Å²) in [5.41, 5.74) is 1.54. The van der Waals surface area contributed by atoms with Crippen molar-refractivity contribution >= 4 is 6.15 Å². The summed E-state index contributed by atoms with van der Waals surface area (Å²) in [5, 5.41) is 30.9. The van der Waals surface area contributed by atoms with Crippen LogP contribution in [0.5, 0.6) is 0 Å². The minimum Gasteiger partial charge on any atom is -0.217 e. The Morgan fingerprint density at radius 2 is 0.842 bits per heavy atom. The molecule has 0 N–H and O–H groups in total. The first-order valence-electron chi connectivity index (χ1n) is 15.3. The molecule has 0 bridgehead atoms. The highest BCUT2D eigenvalue weighted by atomic mass is 15.3. The van der Waals surface area contributed by atoms with E-state index >= 15 is 0 Å². The molecule has 6 nitrogen and oxygen atoms in total. The Labute approximate surface area is 233 Å². The molecule has 0 radical (unpaired) electrons. The maximum absolute atomic E-state index is 5.38. The van der Waals surface area contributed by atoms with Crippen molar-refractivity contribution in [3.63, 3.8) is 0 Å². The molecule has 0 aromatic rings. The van der Waals surface area contributed by atoms with E-state index in [4.69, 9.17) is 30.7 Å². The van der Waals surface area contributed by atoms with E-state index in [1.807, 2.05) is 0 Å². The highest BCUT2D eigenvalue weighted by Crippen LogP contribution is 2.62. The van der Waals surface area contributed by atoms with Gasteiger partial charge in [0.2, 0.25) is 0 Å². The van der Waals surface area contributed by atoms with Crippen LogP contribution in [0.3, 0.4) is 0 Å². The van der Waals surface area contributed by atoms with Crippen LogP contribution in [0.25, 0.3) is 0 Å². The lowest BCUT2D eigenvalue weighted by Gasteiger charge is -2.68. The van der Waals surface area contributed by atoms with Crippen LogP contribution in [0.15, 0.2) is 66.0 Å². The predicted molar refractivity (Wildman–Crippen MR) is 162 cm³/mol. The number of rotatable bonds is 12. The van der Waals surface area contributed by atoms with E-state index in [2.05, 4.69) is 108 Å². The van der Waals surface area contributed by atoms with Crippen LogP contribution in [0.2, 0.25) is 6.32 Å². The van der Waals surface area contributed by atoms with Gasteiger partial charge in [-0.15, -0.1) is 0 Å². The Kier molecular flexibility index (Phi) is 8.80. The maximum atomic E-state index is 5.38.